The van der Waals surface area contributed by atoms with Crippen molar-refractivity contribution in [3.8, 4) is 0 Å². The summed E-state index contributed by atoms with van der Waals surface area (Å²) in [5.41, 5.74) is 0.421. The number of hydrogen-bond acceptors (Lipinski definition) is 5. The van der Waals surface area contributed by atoms with Crippen LogP contribution in [0, 0.1) is 0 Å². The van der Waals surface area contributed by atoms with Crippen molar-refractivity contribution >= 4 is 15.7 Å². The maximum atomic E-state index is 12.4. The van der Waals surface area contributed by atoms with E-state index in [0.29, 0.717) is 12.1 Å². The Morgan fingerprint density at radius 3 is 2.28 bits per heavy atom. The number of furan rings is 1. The van der Waals surface area contributed by atoms with Gasteiger partial charge in [0, 0.05) is 18.4 Å². The second-order valence-electron chi connectivity index (χ2n) is 5.76. The number of benzene rings is 1. The standard InChI is InChI=1S/C18H24N2O4S/c1-4-20(5-2)16(17-7-6-12-24-17)13-19-18(21)14-8-10-15(11-9-14)25(3,22)23/h6-12,16H,4-5,13H2,1-3H3,(H,19,21)/t16-/m0/s1. The van der Waals surface area contributed by atoms with Gasteiger partial charge in [0.25, 0.3) is 5.91 Å². The number of carbonyl (C=O) groups is 1. The van der Waals surface area contributed by atoms with Crippen LogP contribution in [-0.4, -0.2) is 45.1 Å². The molecule has 0 radical (unpaired) electrons. The van der Waals surface area contributed by atoms with Crippen molar-refractivity contribution in [2.45, 2.75) is 24.8 Å². The fourth-order valence-electron chi connectivity index (χ4n) is 2.70. The molecule has 0 spiro atoms. The van der Waals surface area contributed by atoms with E-state index >= 15 is 0 Å². The van der Waals surface area contributed by atoms with Crippen molar-refractivity contribution in [3.05, 3.63) is 54.0 Å². The molecule has 0 saturated heterocycles. The van der Waals surface area contributed by atoms with Crippen LogP contribution in [0.2, 0.25) is 0 Å². The first-order valence-corrected chi connectivity index (χ1v) is 10.1. The molecule has 2 aromatic rings. The first-order chi connectivity index (χ1) is 11.9. The van der Waals surface area contributed by atoms with E-state index in [1.165, 1.54) is 24.3 Å². The van der Waals surface area contributed by atoms with Gasteiger partial charge in [0.2, 0.25) is 0 Å². The molecule has 2 rings (SSSR count). The molecule has 25 heavy (non-hydrogen) atoms. The highest BCUT2D eigenvalue weighted by atomic mass is 32.2. The van der Waals surface area contributed by atoms with E-state index in [-0.39, 0.29) is 16.8 Å². The van der Waals surface area contributed by atoms with E-state index in [4.69, 9.17) is 4.42 Å². The Bertz CT molecular complexity index is 779. The summed E-state index contributed by atoms with van der Waals surface area (Å²) >= 11 is 0. The summed E-state index contributed by atoms with van der Waals surface area (Å²) in [7, 11) is -3.27. The van der Waals surface area contributed by atoms with Crippen molar-refractivity contribution in [1.29, 1.82) is 0 Å². The van der Waals surface area contributed by atoms with E-state index < -0.39 is 9.84 Å². The van der Waals surface area contributed by atoms with Gasteiger partial charge < -0.3 is 9.73 Å². The van der Waals surface area contributed by atoms with E-state index in [1.807, 2.05) is 12.1 Å². The Kier molecular flexibility index (Phi) is 6.39. The summed E-state index contributed by atoms with van der Waals surface area (Å²) < 4.78 is 28.5. The second kappa shape index (κ2) is 8.31. The van der Waals surface area contributed by atoms with Crippen LogP contribution in [-0.2, 0) is 9.84 Å². The number of nitrogens with one attached hydrogen (secondary N) is 1. The van der Waals surface area contributed by atoms with Gasteiger partial charge in [0.05, 0.1) is 17.2 Å². The fourth-order valence-corrected chi connectivity index (χ4v) is 3.33. The first kappa shape index (κ1) is 19.2. The molecule has 0 aliphatic rings. The lowest BCUT2D eigenvalue weighted by Crippen LogP contribution is -2.37. The van der Waals surface area contributed by atoms with Gasteiger partial charge in [-0.25, -0.2) is 8.42 Å². The molecule has 1 aromatic carbocycles. The van der Waals surface area contributed by atoms with Crippen LogP contribution in [0.5, 0.6) is 0 Å². The van der Waals surface area contributed by atoms with Crippen LogP contribution < -0.4 is 5.32 Å². The Morgan fingerprint density at radius 2 is 1.80 bits per heavy atom. The number of likely N-dealkylation sites (N-methyl/N-ethyl adjacent to an activating group) is 1. The van der Waals surface area contributed by atoms with Gasteiger partial charge in [-0.15, -0.1) is 0 Å². The molecule has 0 fully saturated rings. The normalized spacial score (nSPS) is 13.0. The van der Waals surface area contributed by atoms with Crippen molar-refractivity contribution in [2.24, 2.45) is 0 Å². The van der Waals surface area contributed by atoms with Crippen LogP contribution >= 0.6 is 0 Å². The maximum Gasteiger partial charge on any atom is 0.251 e. The minimum atomic E-state index is -3.27. The zero-order chi connectivity index (χ0) is 18.4. The molecule has 1 atom stereocenters. The topological polar surface area (TPSA) is 79.6 Å². The minimum absolute atomic E-state index is 0.0516. The molecule has 0 saturated carbocycles. The third-order valence-corrected chi connectivity index (χ3v) is 5.25. The Balaban J connectivity index is 2.08. The number of carbonyl (C=O) groups excluding carboxylic acids is 1. The van der Waals surface area contributed by atoms with Crippen molar-refractivity contribution in [3.63, 3.8) is 0 Å². The molecular formula is C18H24N2O4S. The molecule has 7 heteroatoms. The highest BCUT2D eigenvalue weighted by molar-refractivity contribution is 7.90. The number of sulfone groups is 1. The monoisotopic (exact) mass is 364 g/mol. The second-order valence-corrected chi connectivity index (χ2v) is 7.77. The summed E-state index contributed by atoms with van der Waals surface area (Å²) in [6.45, 7) is 6.19. The molecule has 1 N–H and O–H groups in total. The smallest absolute Gasteiger partial charge is 0.251 e. The van der Waals surface area contributed by atoms with Crippen LogP contribution in [0.15, 0.2) is 52.0 Å². The highest BCUT2D eigenvalue weighted by Gasteiger charge is 2.21. The maximum absolute atomic E-state index is 12.4. The molecule has 1 heterocycles. The Morgan fingerprint density at radius 1 is 1.16 bits per heavy atom. The third-order valence-electron chi connectivity index (χ3n) is 4.13. The Hall–Kier alpha value is -2.12. The number of nitrogens with zero attached hydrogens (tertiary/aromatic N) is 1. The fraction of sp³-hybridized carbons (Fsp3) is 0.389. The van der Waals surface area contributed by atoms with Gasteiger partial charge >= 0.3 is 0 Å². The number of hydrogen-bond donors (Lipinski definition) is 1. The molecule has 0 aliphatic carbocycles. The van der Waals surface area contributed by atoms with Gasteiger partial charge in [0.1, 0.15) is 5.76 Å². The minimum Gasteiger partial charge on any atom is -0.468 e. The van der Waals surface area contributed by atoms with Crippen LogP contribution in [0.1, 0.15) is 36.0 Å². The van der Waals surface area contributed by atoms with Crippen molar-refractivity contribution < 1.29 is 17.6 Å². The average molecular weight is 364 g/mol. The zero-order valence-corrected chi connectivity index (χ0v) is 15.5. The predicted molar refractivity (Wildman–Crippen MR) is 96.3 cm³/mol. The van der Waals surface area contributed by atoms with Gasteiger partial charge in [-0.05, 0) is 49.5 Å². The quantitative estimate of drug-likeness (QED) is 0.778. The lowest BCUT2D eigenvalue weighted by atomic mass is 10.1. The van der Waals surface area contributed by atoms with Crippen molar-refractivity contribution in [2.75, 3.05) is 25.9 Å². The molecule has 0 aliphatic heterocycles. The van der Waals surface area contributed by atoms with Gasteiger partial charge in [0.15, 0.2) is 9.84 Å². The van der Waals surface area contributed by atoms with E-state index in [2.05, 4.69) is 24.1 Å². The van der Waals surface area contributed by atoms with Gasteiger partial charge in [-0.2, -0.15) is 0 Å². The van der Waals surface area contributed by atoms with Gasteiger partial charge in [-0.1, -0.05) is 13.8 Å². The number of rotatable bonds is 8. The molecule has 136 valence electrons. The molecule has 1 aromatic heterocycles. The Labute approximate surface area is 148 Å². The molecule has 1 amide bonds. The van der Waals surface area contributed by atoms with E-state index in [1.54, 1.807) is 6.26 Å². The summed E-state index contributed by atoms with van der Waals surface area (Å²) in [4.78, 5) is 14.8. The number of amides is 1. The van der Waals surface area contributed by atoms with Gasteiger partial charge in [-0.3, -0.25) is 9.69 Å². The van der Waals surface area contributed by atoms with E-state index in [0.717, 1.165) is 25.1 Å². The summed E-state index contributed by atoms with van der Waals surface area (Å²) in [6.07, 6.45) is 2.76. The molecule has 0 unspecified atom stereocenters. The van der Waals surface area contributed by atoms with Crippen LogP contribution in [0.25, 0.3) is 0 Å². The van der Waals surface area contributed by atoms with Crippen LogP contribution in [0.3, 0.4) is 0 Å². The van der Waals surface area contributed by atoms with Crippen molar-refractivity contribution in [1.82, 2.24) is 10.2 Å². The average Bonchev–Trinajstić information content (AvgIpc) is 3.12. The summed E-state index contributed by atoms with van der Waals surface area (Å²) in [6, 6.07) is 9.60. The summed E-state index contributed by atoms with van der Waals surface area (Å²) in [5.74, 6) is 0.556. The van der Waals surface area contributed by atoms with E-state index in [9.17, 15) is 13.2 Å². The molecule has 0 bridgehead atoms. The highest BCUT2D eigenvalue weighted by Crippen LogP contribution is 2.20. The first-order valence-electron chi connectivity index (χ1n) is 8.22. The third kappa shape index (κ3) is 4.93. The lowest BCUT2D eigenvalue weighted by Gasteiger charge is -2.28. The molecular weight excluding hydrogens is 340 g/mol. The SMILES string of the molecule is CCN(CC)[C@@H](CNC(=O)c1ccc(S(C)(=O)=O)cc1)c1ccco1. The predicted octanol–water partition coefficient (Wildman–Crippen LogP) is 2.50. The van der Waals surface area contributed by atoms with Crippen LogP contribution in [0.4, 0.5) is 0 Å². The lowest BCUT2D eigenvalue weighted by molar-refractivity contribution is 0.0929. The zero-order valence-electron chi connectivity index (χ0n) is 14.7. The largest absolute Gasteiger partial charge is 0.468 e. The summed E-state index contributed by atoms with van der Waals surface area (Å²) in [5, 5.41) is 2.90. The molecule has 6 nitrogen and oxygen atoms in total.